The molecule has 0 aliphatic heterocycles. The second kappa shape index (κ2) is 10.8. The molecule has 1 rings (SSSR count). The molecule has 2 N–H and O–H groups in total. The van der Waals surface area contributed by atoms with Gasteiger partial charge < -0.3 is 19.9 Å². The first-order chi connectivity index (χ1) is 9.75. The third-order valence-corrected chi connectivity index (χ3v) is 3.32. The summed E-state index contributed by atoms with van der Waals surface area (Å²) in [5.74, 6) is 0.395. The van der Waals surface area contributed by atoms with Gasteiger partial charge in [-0.15, -0.1) is 0 Å². The van der Waals surface area contributed by atoms with Gasteiger partial charge in [-0.2, -0.15) is 0 Å². The molecule has 0 fully saturated rings. The maximum Gasteiger partial charge on any atom is 0.0701 e. The lowest BCUT2D eigenvalue weighted by atomic mass is 9.93. The third kappa shape index (κ3) is 7.01. The van der Waals surface area contributed by atoms with Crippen molar-refractivity contribution in [2.45, 2.75) is 19.4 Å². The minimum atomic E-state index is 0.0674. The van der Waals surface area contributed by atoms with Crippen LogP contribution in [-0.4, -0.2) is 40.1 Å². The van der Waals surface area contributed by atoms with E-state index in [9.17, 15) is 0 Å². The molecule has 4 heteroatoms. The summed E-state index contributed by atoms with van der Waals surface area (Å²) in [6, 6.07) is 10.3. The van der Waals surface area contributed by atoms with E-state index in [1.165, 1.54) is 5.56 Å². The average Bonchev–Trinajstić information content (AvgIpc) is 2.50. The van der Waals surface area contributed by atoms with Crippen LogP contribution in [0.15, 0.2) is 30.3 Å². The first-order valence-electron chi connectivity index (χ1n) is 7.20. The Morgan fingerprint density at radius 1 is 0.950 bits per heavy atom. The molecule has 0 radical (unpaired) electrons. The molecule has 2 unspecified atom stereocenters. The first-order valence-corrected chi connectivity index (χ1v) is 7.20. The van der Waals surface area contributed by atoms with Gasteiger partial charge in [0.15, 0.2) is 0 Å². The molecule has 1 aromatic rings. The van der Waals surface area contributed by atoms with Crippen molar-refractivity contribution in [2.75, 3.05) is 40.1 Å². The van der Waals surface area contributed by atoms with E-state index in [0.29, 0.717) is 32.3 Å². The Bertz CT molecular complexity index is 332. The minimum absolute atomic E-state index is 0.0674. The molecule has 0 saturated carbocycles. The van der Waals surface area contributed by atoms with Crippen molar-refractivity contribution >= 4 is 0 Å². The molecule has 1 aromatic carbocycles. The number of hydrogen-bond donors (Lipinski definition) is 1. The molecule has 0 heterocycles. The van der Waals surface area contributed by atoms with Crippen molar-refractivity contribution in [1.82, 2.24) is 0 Å². The molecule has 0 aliphatic carbocycles. The van der Waals surface area contributed by atoms with Gasteiger partial charge in [0.2, 0.25) is 0 Å². The van der Waals surface area contributed by atoms with E-state index >= 15 is 0 Å². The van der Waals surface area contributed by atoms with Crippen LogP contribution in [0, 0.1) is 5.92 Å². The van der Waals surface area contributed by atoms with Crippen molar-refractivity contribution in [2.24, 2.45) is 11.7 Å². The van der Waals surface area contributed by atoms with Crippen molar-refractivity contribution < 1.29 is 14.2 Å². The summed E-state index contributed by atoms with van der Waals surface area (Å²) < 4.78 is 15.8. The van der Waals surface area contributed by atoms with E-state index in [1.807, 2.05) is 18.2 Å². The highest BCUT2D eigenvalue weighted by Gasteiger charge is 2.14. The summed E-state index contributed by atoms with van der Waals surface area (Å²) in [5.41, 5.74) is 7.42. The number of rotatable bonds is 11. The lowest BCUT2D eigenvalue weighted by Crippen LogP contribution is -2.20. The van der Waals surface area contributed by atoms with Crippen LogP contribution in [0.5, 0.6) is 0 Å². The Morgan fingerprint density at radius 3 is 2.20 bits per heavy atom. The highest BCUT2D eigenvalue weighted by molar-refractivity contribution is 5.18. The van der Waals surface area contributed by atoms with Gasteiger partial charge in [-0.3, -0.25) is 0 Å². The van der Waals surface area contributed by atoms with Crippen LogP contribution in [0.25, 0.3) is 0 Å². The Morgan fingerprint density at radius 2 is 1.55 bits per heavy atom. The maximum absolute atomic E-state index is 6.24. The number of methoxy groups -OCH3 is 1. The van der Waals surface area contributed by atoms with Crippen molar-refractivity contribution in [3.63, 3.8) is 0 Å². The molecule has 0 saturated heterocycles. The van der Waals surface area contributed by atoms with Gasteiger partial charge in [-0.1, -0.05) is 37.3 Å². The molecular formula is C16H27NO3. The highest BCUT2D eigenvalue weighted by atomic mass is 16.5. The zero-order chi connectivity index (χ0) is 14.6. The van der Waals surface area contributed by atoms with Crippen LogP contribution in [0.3, 0.4) is 0 Å². The van der Waals surface area contributed by atoms with Gasteiger partial charge in [0.1, 0.15) is 0 Å². The zero-order valence-electron chi connectivity index (χ0n) is 12.6. The summed E-state index contributed by atoms with van der Waals surface area (Å²) in [4.78, 5) is 0. The second-order valence-corrected chi connectivity index (χ2v) is 4.92. The number of hydrogen-bond acceptors (Lipinski definition) is 4. The predicted molar refractivity (Wildman–Crippen MR) is 80.7 cm³/mol. The number of ether oxygens (including phenoxy) is 3. The molecule has 0 amide bonds. The predicted octanol–water partition coefficient (Wildman–Crippen LogP) is 2.39. The average molecular weight is 281 g/mol. The van der Waals surface area contributed by atoms with Crippen LogP contribution in [-0.2, 0) is 14.2 Å². The molecule has 20 heavy (non-hydrogen) atoms. The van der Waals surface area contributed by atoms with Crippen LogP contribution in [0.1, 0.15) is 24.9 Å². The van der Waals surface area contributed by atoms with E-state index in [2.05, 4.69) is 19.1 Å². The molecule has 4 nitrogen and oxygen atoms in total. The van der Waals surface area contributed by atoms with Gasteiger partial charge in [-0.05, 0) is 17.9 Å². The Kier molecular flexibility index (Phi) is 9.24. The van der Waals surface area contributed by atoms with Gasteiger partial charge in [0.25, 0.3) is 0 Å². The van der Waals surface area contributed by atoms with E-state index in [0.717, 1.165) is 13.0 Å². The smallest absolute Gasteiger partial charge is 0.0701 e. The molecule has 0 aromatic heterocycles. The van der Waals surface area contributed by atoms with Crippen LogP contribution >= 0.6 is 0 Å². The van der Waals surface area contributed by atoms with Crippen molar-refractivity contribution in [3.8, 4) is 0 Å². The molecule has 0 spiro atoms. The normalized spacial score (nSPS) is 14.2. The van der Waals surface area contributed by atoms with E-state index < -0.39 is 0 Å². The summed E-state index contributed by atoms with van der Waals surface area (Å²) in [7, 11) is 1.66. The van der Waals surface area contributed by atoms with Gasteiger partial charge in [0.05, 0.1) is 26.4 Å². The largest absolute Gasteiger partial charge is 0.382 e. The van der Waals surface area contributed by atoms with Crippen LogP contribution in [0.4, 0.5) is 0 Å². The SMILES string of the molecule is COCCOCCOCCC(C)C(N)c1ccccc1. The van der Waals surface area contributed by atoms with E-state index in [4.69, 9.17) is 19.9 Å². The highest BCUT2D eigenvalue weighted by Crippen LogP contribution is 2.21. The fraction of sp³-hybridized carbons (Fsp3) is 0.625. The molecule has 114 valence electrons. The third-order valence-electron chi connectivity index (χ3n) is 3.32. The Labute approximate surface area is 122 Å². The van der Waals surface area contributed by atoms with Crippen molar-refractivity contribution in [3.05, 3.63) is 35.9 Å². The lowest BCUT2D eigenvalue weighted by molar-refractivity contribution is 0.0216. The monoisotopic (exact) mass is 281 g/mol. The molecular weight excluding hydrogens is 254 g/mol. The summed E-state index contributed by atoms with van der Waals surface area (Å²) >= 11 is 0. The Balaban J connectivity index is 2.07. The minimum Gasteiger partial charge on any atom is -0.382 e. The summed E-state index contributed by atoms with van der Waals surface area (Å²) in [5, 5.41) is 0. The van der Waals surface area contributed by atoms with Gasteiger partial charge >= 0.3 is 0 Å². The van der Waals surface area contributed by atoms with Gasteiger partial charge in [-0.25, -0.2) is 0 Å². The fourth-order valence-corrected chi connectivity index (χ4v) is 1.92. The maximum atomic E-state index is 6.24. The van der Waals surface area contributed by atoms with Crippen LogP contribution in [0.2, 0.25) is 0 Å². The topological polar surface area (TPSA) is 53.7 Å². The Hall–Kier alpha value is -0.940. The standard InChI is InChI=1S/C16H27NO3/c1-14(16(17)15-6-4-3-5-7-15)8-9-19-12-13-20-11-10-18-2/h3-7,14,16H,8-13,17H2,1-2H3. The van der Waals surface area contributed by atoms with Crippen molar-refractivity contribution in [1.29, 1.82) is 0 Å². The summed E-state index contributed by atoms with van der Waals surface area (Å²) in [6.07, 6.45) is 0.953. The van der Waals surface area contributed by atoms with Crippen LogP contribution < -0.4 is 5.73 Å². The van der Waals surface area contributed by atoms with Gasteiger partial charge in [0, 0.05) is 19.8 Å². The molecule has 0 aliphatic rings. The first kappa shape index (κ1) is 17.1. The molecule has 2 atom stereocenters. The number of nitrogens with two attached hydrogens (primary N) is 1. The van der Waals surface area contributed by atoms with E-state index in [-0.39, 0.29) is 6.04 Å². The summed E-state index contributed by atoms with van der Waals surface area (Å²) in [6.45, 7) is 5.36. The second-order valence-electron chi connectivity index (χ2n) is 4.92. The number of benzene rings is 1. The zero-order valence-corrected chi connectivity index (χ0v) is 12.6. The quantitative estimate of drug-likeness (QED) is 0.633. The lowest BCUT2D eigenvalue weighted by Gasteiger charge is -2.20. The molecule has 0 bridgehead atoms. The van der Waals surface area contributed by atoms with E-state index in [1.54, 1.807) is 7.11 Å². The fourth-order valence-electron chi connectivity index (χ4n) is 1.92.